The van der Waals surface area contributed by atoms with Gasteiger partial charge in [-0.2, -0.15) is 0 Å². The summed E-state index contributed by atoms with van der Waals surface area (Å²) in [5.74, 6) is -0.727. The third-order valence-corrected chi connectivity index (χ3v) is 2.91. The van der Waals surface area contributed by atoms with Crippen LogP contribution in [0.1, 0.15) is 26.7 Å². The van der Waals surface area contributed by atoms with Gasteiger partial charge < -0.3 is 5.73 Å². The van der Waals surface area contributed by atoms with Crippen molar-refractivity contribution in [3.05, 3.63) is 0 Å². The van der Waals surface area contributed by atoms with Crippen LogP contribution in [0.2, 0.25) is 0 Å². The molecule has 0 aromatic rings. The fraction of sp³-hybridized carbons (Fsp3) is 0.556. The maximum absolute atomic E-state index is 11.9. The van der Waals surface area contributed by atoms with E-state index < -0.39 is 5.41 Å². The van der Waals surface area contributed by atoms with E-state index >= 15 is 0 Å². The summed E-state index contributed by atoms with van der Waals surface area (Å²) in [4.78, 5) is 23.8. The molecule has 0 saturated carbocycles. The first-order chi connectivity index (χ1) is 7.96. The lowest BCUT2D eigenvalue weighted by atomic mass is 9.79. The molecule has 0 aliphatic carbocycles. The van der Waals surface area contributed by atoms with E-state index in [1.165, 1.54) is 0 Å². The summed E-state index contributed by atoms with van der Waals surface area (Å²) < 4.78 is 0. The smallest absolute Gasteiger partial charge is 0.242 e. The Bertz CT molecular complexity index is 367. The standard InChI is InChI=1S/C9H15N5O2S/c1-3-9(4-2)5(15)11-8(12-6(9)16)14-13-7(10)17/h3-4H2,1-2H3,(H3,10,13,17)(H2,11,12,14,15,16). The Labute approximate surface area is 104 Å². The number of carbonyl (C=O) groups is 2. The molecule has 17 heavy (non-hydrogen) atoms. The average molecular weight is 257 g/mol. The van der Waals surface area contributed by atoms with Crippen LogP contribution in [0, 0.1) is 5.41 Å². The number of nitrogens with zero attached hydrogens (tertiary/aromatic N) is 1. The van der Waals surface area contributed by atoms with Crippen LogP contribution in [0.15, 0.2) is 5.10 Å². The first kappa shape index (κ1) is 13.4. The van der Waals surface area contributed by atoms with Crippen LogP contribution < -0.4 is 21.8 Å². The average Bonchev–Trinajstić information content (AvgIpc) is 2.27. The minimum Gasteiger partial charge on any atom is -0.375 e. The van der Waals surface area contributed by atoms with Gasteiger partial charge in [0.15, 0.2) is 5.11 Å². The predicted octanol–water partition coefficient (Wildman–Crippen LogP) is -0.857. The van der Waals surface area contributed by atoms with Gasteiger partial charge in [0.1, 0.15) is 5.41 Å². The van der Waals surface area contributed by atoms with Crippen molar-refractivity contribution in [1.82, 2.24) is 16.1 Å². The molecule has 1 rings (SSSR count). The van der Waals surface area contributed by atoms with Gasteiger partial charge in [0, 0.05) is 0 Å². The van der Waals surface area contributed by atoms with E-state index in [0.717, 1.165) is 0 Å². The lowest BCUT2D eigenvalue weighted by Gasteiger charge is -2.33. The van der Waals surface area contributed by atoms with Gasteiger partial charge in [0.25, 0.3) is 0 Å². The first-order valence-electron chi connectivity index (χ1n) is 5.22. The Balaban J connectivity index is 2.88. The van der Waals surface area contributed by atoms with Crippen molar-refractivity contribution < 1.29 is 9.59 Å². The van der Waals surface area contributed by atoms with E-state index in [0.29, 0.717) is 12.8 Å². The molecule has 8 heteroatoms. The molecule has 7 nitrogen and oxygen atoms in total. The first-order valence-corrected chi connectivity index (χ1v) is 5.63. The summed E-state index contributed by atoms with van der Waals surface area (Å²) in [7, 11) is 0. The topological polar surface area (TPSA) is 109 Å². The zero-order chi connectivity index (χ0) is 13.1. The predicted molar refractivity (Wildman–Crippen MR) is 66.7 cm³/mol. The Morgan fingerprint density at radius 2 is 1.82 bits per heavy atom. The SMILES string of the molecule is CCC1(CC)C(=O)NC(=NNC(N)=S)NC1=O. The number of rotatable bonds is 3. The molecular weight excluding hydrogens is 242 g/mol. The van der Waals surface area contributed by atoms with Crippen molar-refractivity contribution in [1.29, 1.82) is 0 Å². The van der Waals surface area contributed by atoms with E-state index in [4.69, 9.17) is 5.73 Å². The van der Waals surface area contributed by atoms with Gasteiger partial charge in [-0.25, -0.2) is 0 Å². The van der Waals surface area contributed by atoms with Crippen LogP contribution in [0.4, 0.5) is 0 Å². The summed E-state index contributed by atoms with van der Waals surface area (Å²) in [6, 6.07) is 0. The van der Waals surface area contributed by atoms with Gasteiger partial charge in [-0.1, -0.05) is 13.8 Å². The minimum atomic E-state index is -1.03. The molecule has 0 spiro atoms. The second kappa shape index (κ2) is 5.09. The molecular formula is C9H15N5O2S. The van der Waals surface area contributed by atoms with Gasteiger partial charge in [-0.15, -0.1) is 5.10 Å². The van der Waals surface area contributed by atoms with Crippen molar-refractivity contribution in [2.24, 2.45) is 16.3 Å². The number of guanidine groups is 1. The summed E-state index contributed by atoms with van der Waals surface area (Å²) in [5.41, 5.74) is 6.43. The lowest BCUT2D eigenvalue weighted by Crippen LogP contribution is -2.63. The highest BCUT2D eigenvalue weighted by Crippen LogP contribution is 2.28. The molecule has 0 radical (unpaired) electrons. The molecule has 1 heterocycles. The minimum absolute atomic E-state index is 0.00493. The molecule has 0 bridgehead atoms. The number of hydrazone groups is 1. The highest BCUT2D eigenvalue weighted by molar-refractivity contribution is 7.80. The third-order valence-electron chi connectivity index (χ3n) is 2.82. The van der Waals surface area contributed by atoms with Gasteiger partial charge in [0.2, 0.25) is 17.8 Å². The fourth-order valence-electron chi connectivity index (χ4n) is 1.65. The number of hydrogen-bond acceptors (Lipinski definition) is 4. The van der Waals surface area contributed by atoms with E-state index in [9.17, 15) is 9.59 Å². The monoisotopic (exact) mass is 257 g/mol. The molecule has 1 saturated heterocycles. The Morgan fingerprint density at radius 3 is 2.18 bits per heavy atom. The van der Waals surface area contributed by atoms with Crippen molar-refractivity contribution in [2.45, 2.75) is 26.7 Å². The van der Waals surface area contributed by atoms with Crippen molar-refractivity contribution in [3.8, 4) is 0 Å². The molecule has 1 fully saturated rings. The maximum Gasteiger partial charge on any atom is 0.242 e. The number of amides is 2. The zero-order valence-corrected chi connectivity index (χ0v) is 10.5. The largest absolute Gasteiger partial charge is 0.375 e. The Kier molecular flexibility index (Phi) is 4.00. The Hall–Kier alpha value is -1.70. The van der Waals surface area contributed by atoms with E-state index in [-0.39, 0.29) is 22.9 Å². The maximum atomic E-state index is 11.9. The van der Waals surface area contributed by atoms with E-state index in [2.05, 4.69) is 33.4 Å². The van der Waals surface area contributed by atoms with Gasteiger partial charge in [-0.05, 0) is 25.1 Å². The van der Waals surface area contributed by atoms with Crippen molar-refractivity contribution >= 4 is 35.1 Å². The molecule has 0 atom stereocenters. The van der Waals surface area contributed by atoms with Gasteiger partial charge >= 0.3 is 0 Å². The summed E-state index contributed by atoms with van der Waals surface area (Å²) in [6.45, 7) is 3.58. The fourth-order valence-corrected chi connectivity index (χ4v) is 1.69. The highest BCUT2D eigenvalue weighted by atomic mass is 32.1. The van der Waals surface area contributed by atoms with Crippen LogP contribution >= 0.6 is 12.2 Å². The molecule has 2 amide bonds. The van der Waals surface area contributed by atoms with Crippen LogP contribution in [-0.4, -0.2) is 22.9 Å². The molecule has 0 aromatic heterocycles. The van der Waals surface area contributed by atoms with Crippen LogP contribution in [0.5, 0.6) is 0 Å². The summed E-state index contributed by atoms with van der Waals surface area (Å²) in [5, 5.41) is 8.59. The molecule has 5 N–H and O–H groups in total. The Morgan fingerprint density at radius 1 is 1.35 bits per heavy atom. The van der Waals surface area contributed by atoms with E-state index in [1.54, 1.807) is 13.8 Å². The highest BCUT2D eigenvalue weighted by Gasteiger charge is 2.46. The van der Waals surface area contributed by atoms with Crippen molar-refractivity contribution in [2.75, 3.05) is 0 Å². The number of nitrogens with two attached hydrogens (primary N) is 1. The molecule has 1 aliphatic heterocycles. The second-order valence-electron chi connectivity index (χ2n) is 3.63. The van der Waals surface area contributed by atoms with E-state index in [1.807, 2.05) is 0 Å². The zero-order valence-electron chi connectivity index (χ0n) is 9.66. The van der Waals surface area contributed by atoms with Crippen LogP contribution in [-0.2, 0) is 9.59 Å². The number of thiocarbonyl (C=S) groups is 1. The molecule has 0 aromatic carbocycles. The number of carbonyl (C=O) groups excluding carboxylic acids is 2. The van der Waals surface area contributed by atoms with Crippen LogP contribution in [0.25, 0.3) is 0 Å². The lowest BCUT2D eigenvalue weighted by molar-refractivity contribution is -0.144. The van der Waals surface area contributed by atoms with Crippen LogP contribution in [0.3, 0.4) is 0 Å². The second-order valence-corrected chi connectivity index (χ2v) is 4.07. The summed E-state index contributed by atoms with van der Waals surface area (Å²) >= 11 is 4.55. The summed E-state index contributed by atoms with van der Waals surface area (Å²) in [6.07, 6.45) is 0.856. The third kappa shape index (κ3) is 2.52. The number of hydrogen-bond donors (Lipinski definition) is 4. The number of nitrogens with one attached hydrogen (secondary N) is 3. The van der Waals surface area contributed by atoms with Gasteiger partial charge in [0.05, 0.1) is 0 Å². The molecule has 1 aliphatic rings. The quantitative estimate of drug-likeness (QED) is 0.299. The molecule has 0 unspecified atom stereocenters. The molecule has 94 valence electrons. The van der Waals surface area contributed by atoms with Crippen molar-refractivity contribution in [3.63, 3.8) is 0 Å². The normalized spacial score (nSPS) is 18.1. The van der Waals surface area contributed by atoms with Gasteiger partial charge in [-0.3, -0.25) is 25.6 Å².